The van der Waals surface area contributed by atoms with Crippen LogP contribution in [-0.4, -0.2) is 43.2 Å². The number of aryl methyl sites for hydroxylation is 1. The molecule has 2 amide bonds. The fourth-order valence-corrected chi connectivity index (χ4v) is 2.22. The number of rotatable bonds is 6. The van der Waals surface area contributed by atoms with E-state index in [1.165, 1.54) is 6.07 Å². The van der Waals surface area contributed by atoms with E-state index >= 15 is 0 Å². The molecule has 0 unspecified atom stereocenters. The molecule has 136 valence electrons. The molecule has 0 spiro atoms. The third kappa shape index (κ3) is 5.48. The SMILES string of the molecule is Cc1cc(NC(=O)[C@@H](C)SCC(=O)Nc2n[nH]c(C(F)(F)F)n2)no1. The average Bonchev–Trinajstić information content (AvgIpc) is 3.13. The number of thioether (sulfide) groups is 1. The zero-order chi connectivity index (χ0) is 18.6. The number of amides is 2. The number of nitrogens with zero attached hydrogens (tertiary/aromatic N) is 3. The van der Waals surface area contributed by atoms with Crippen molar-refractivity contribution in [1.29, 1.82) is 0 Å². The second kappa shape index (κ2) is 7.55. The Morgan fingerprint density at radius 2 is 2.12 bits per heavy atom. The van der Waals surface area contributed by atoms with Crippen molar-refractivity contribution in [3.05, 3.63) is 17.7 Å². The molecule has 0 saturated heterocycles. The van der Waals surface area contributed by atoms with Gasteiger partial charge in [-0.1, -0.05) is 5.16 Å². The van der Waals surface area contributed by atoms with Gasteiger partial charge in [-0.3, -0.25) is 20.0 Å². The van der Waals surface area contributed by atoms with Gasteiger partial charge in [-0.2, -0.15) is 18.2 Å². The predicted octanol–water partition coefficient (Wildman–Crippen LogP) is 1.82. The third-order valence-corrected chi connectivity index (χ3v) is 3.86. The predicted molar refractivity (Wildman–Crippen MR) is 81.8 cm³/mol. The first-order valence-electron chi connectivity index (χ1n) is 6.80. The summed E-state index contributed by atoms with van der Waals surface area (Å²) < 4.78 is 41.9. The lowest BCUT2D eigenvalue weighted by Gasteiger charge is -2.09. The molecule has 13 heteroatoms. The number of carbonyl (C=O) groups excluding carboxylic acids is 2. The van der Waals surface area contributed by atoms with E-state index in [4.69, 9.17) is 4.52 Å². The number of alkyl halides is 3. The maximum absolute atomic E-state index is 12.4. The van der Waals surface area contributed by atoms with Crippen LogP contribution in [0.15, 0.2) is 10.6 Å². The van der Waals surface area contributed by atoms with Crippen molar-refractivity contribution in [3.8, 4) is 0 Å². The summed E-state index contributed by atoms with van der Waals surface area (Å²) in [5.74, 6) is -2.25. The maximum Gasteiger partial charge on any atom is 0.451 e. The number of halogens is 3. The normalized spacial score (nSPS) is 12.7. The van der Waals surface area contributed by atoms with Crippen LogP contribution in [0.4, 0.5) is 24.9 Å². The molecule has 0 bridgehead atoms. The number of H-pyrrole nitrogens is 1. The zero-order valence-corrected chi connectivity index (χ0v) is 13.8. The summed E-state index contributed by atoms with van der Waals surface area (Å²) in [5.41, 5.74) is 0. The molecule has 3 N–H and O–H groups in total. The van der Waals surface area contributed by atoms with Gasteiger partial charge in [0.25, 0.3) is 0 Å². The summed E-state index contributed by atoms with van der Waals surface area (Å²) in [4.78, 5) is 26.7. The molecule has 0 aromatic carbocycles. The first kappa shape index (κ1) is 18.8. The fourth-order valence-electron chi connectivity index (χ4n) is 1.53. The van der Waals surface area contributed by atoms with Crippen LogP contribution < -0.4 is 10.6 Å². The molecule has 0 radical (unpaired) electrons. The standard InChI is InChI=1S/C12H13F3N6O3S/c1-5-3-7(21-24-5)16-9(23)6(2)25-4-8(22)17-11-18-10(19-20-11)12(13,14)15/h3,6H,4H2,1-2H3,(H,16,21,23)(H2,17,18,19,20,22)/t6-/m1/s1. The summed E-state index contributed by atoms with van der Waals surface area (Å²) in [6, 6.07) is 1.53. The molecule has 25 heavy (non-hydrogen) atoms. The highest BCUT2D eigenvalue weighted by Crippen LogP contribution is 2.26. The van der Waals surface area contributed by atoms with Crippen molar-refractivity contribution in [3.63, 3.8) is 0 Å². The molecule has 2 aromatic rings. The van der Waals surface area contributed by atoms with Gasteiger partial charge in [0.05, 0.1) is 11.0 Å². The Balaban J connectivity index is 1.79. The molecule has 2 rings (SSSR count). The van der Waals surface area contributed by atoms with E-state index in [1.807, 2.05) is 0 Å². The fraction of sp³-hybridized carbons (Fsp3) is 0.417. The van der Waals surface area contributed by atoms with E-state index in [2.05, 4.69) is 25.9 Å². The van der Waals surface area contributed by atoms with E-state index in [1.54, 1.807) is 18.9 Å². The lowest BCUT2D eigenvalue weighted by molar-refractivity contribution is -0.144. The Bertz CT molecular complexity index is 759. The quantitative estimate of drug-likeness (QED) is 0.700. The Hall–Kier alpha value is -2.57. The lowest BCUT2D eigenvalue weighted by Crippen LogP contribution is -2.25. The number of aromatic nitrogens is 4. The van der Waals surface area contributed by atoms with E-state index in [-0.39, 0.29) is 11.6 Å². The van der Waals surface area contributed by atoms with Gasteiger partial charge < -0.3 is 9.84 Å². The summed E-state index contributed by atoms with van der Waals surface area (Å²) in [6.07, 6.45) is -4.68. The topological polar surface area (TPSA) is 126 Å². The monoisotopic (exact) mass is 378 g/mol. The van der Waals surface area contributed by atoms with Crippen molar-refractivity contribution in [1.82, 2.24) is 20.3 Å². The van der Waals surface area contributed by atoms with Gasteiger partial charge in [0.2, 0.25) is 23.6 Å². The van der Waals surface area contributed by atoms with Gasteiger partial charge in [0.15, 0.2) is 5.82 Å². The zero-order valence-electron chi connectivity index (χ0n) is 13.0. The second-order valence-electron chi connectivity index (χ2n) is 4.82. The molecule has 0 aliphatic heterocycles. The first-order valence-corrected chi connectivity index (χ1v) is 7.85. The Morgan fingerprint density at radius 3 is 2.68 bits per heavy atom. The van der Waals surface area contributed by atoms with Gasteiger partial charge in [-0.25, -0.2) is 0 Å². The highest BCUT2D eigenvalue weighted by molar-refractivity contribution is 8.01. The van der Waals surface area contributed by atoms with Crippen LogP contribution in [0.2, 0.25) is 0 Å². The van der Waals surface area contributed by atoms with Crippen LogP contribution in [0.1, 0.15) is 18.5 Å². The van der Waals surface area contributed by atoms with Crippen LogP contribution in [0.3, 0.4) is 0 Å². The van der Waals surface area contributed by atoms with Gasteiger partial charge in [-0.15, -0.1) is 16.9 Å². The molecule has 0 fully saturated rings. The molecule has 1 atom stereocenters. The molecular formula is C12H13F3N6O3S. The van der Waals surface area contributed by atoms with Crippen LogP contribution in [0.5, 0.6) is 0 Å². The summed E-state index contributed by atoms with van der Waals surface area (Å²) >= 11 is 0.980. The number of carbonyl (C=O) groups is 2. The second-order valence-corrected chi connectivity index (χ2v) is 6.15. The van der Waals surface area contributed by atoms with Crippen molar-refractivity contribution in [2.24, 2.45) is 0 Å². The van der Waals surface area contributed by atoms with E-state index in [0.717, 1.165) is 11.8 Å². The molecule has 2 heterocycles. The van der Waals surface area contributed by atoms with Crippen LogP contribution in [0.25, 0.3) is 0 Å². The highest BCUT2D eigenvalue weighted by Gasteiger charge is 2.35. The van der Waals surface area contributed by atoms with Crippen LogP contribution >= 0.6 is 11.8 Å². The van der Waals surface area contributed by atoms with Crippen molar-refractivity contribution < 1.29 is 27.3 Å². The van der Waals surface area contributed by atoms with Gasteiger partial charge in [0, 0.05) is 6.07 Å². The molecular weight excluding hydrogens is 365 g/mol. The average molecular weight is 378 g/mol. The number of hydrogen-bond acceptors (Lipinski definition) is 7. The van der Waals surface area contributed by atoms with Crippen molar-refractivity contribution in [2.75, 3.05) is 16.4 Å². The largest absolute Gasteiger partial charge is 0.451 e. The summed E-state index contributed by atoms with van der Waals surface area (Å²) in [7, 11) is 0. The minimum absolute atomic E-state index is 0.178. The van der Waals surface area contributed by atoms with E-state index < -0.39 is 35.0 Å². The molecule has 9 nitrogen and oxygen atoms in total. The Morgan fingerprint density at radius 1 is 1.40 bits per heavy atom. The Kier molecular flexibility index (Phi) is 5.66. The Labute approximate surface area is 143 Å². The summed E-state index contributed by atoms with van der Waals surface area (Å²) in [5, 5.41) is 12.5. The minimum atomic E-state index is -4.68. The van der Waals surface area contributed by atoms with Crippen LogP contribution in [0, 0.1) is 6.92 Å². The van der Waals surface area contributed by atoms with Crippen molar-refractivity contribution in [2.45, 2.75) is 25.3 Å². The lowest BCUT2D eigenvalue weighted by atomic mass is 10.4. The highest BCUT2D eigenvalue weighted by atomic mass is 32.2. The van der Waals surface area contributed by atoms with Gasteiger partial charge in [-0.05, 0) is 13.8 Å². The van der Waals surface area contributed by atoms with E-state index in [9.17, 15) is 22.8 Å². The summed E-state index contributed by atoms with van der Waals surface area (Å²) in [6.45, 7) is 3.23. The number of nitrogens with one attached hydrogen (secondary N) is 3. The minimum Gasteiger partial charge on any atom is -0.360 e. The molecule has 0 aliphatic rings. The smallest absolute Gasteiger partial charge is 0.360 e. The maximum atomic E-state index is 12.4. The van der Waals surface area contributed by atoms with Crippen molar-refractivity contribution >= 4 is 35.3 Å². The number of hydrogen-bond donors (Lipinski definition) is 3. The molecule has 2 aromatic heterocycles. The first-order chi connectivity index (χ1) is 11.6. The van der Waals surface area contributed by atoms with Gasteiger partial charge in [0.1, 0.15) is 5.76 Å². The third-order valence-electron chi connectivity index (χ3n) is 2.72. The van der Waals surface area contributed by atoms with E-state index in [0.29, 0.717) is 5.76 Å². The molecule has 0 aliphatic carbocycles. The number of aromatic amines is 1. The van der Waals surface area contributed by atoms with Gasteiger partial charge >= 0.3 is 6.18 Å². The molecule has 0 saturated carbocycles. The number of anilines is 2. The van der Waals surface area contributed by atoms with Crippen LogP contribution in [-0.2, 0) is 15.8 Å².